The van der Waals surface area contributed by atoms with E-state index >= 15 is 0 Å². The number of alkyl halides is 3. The van der Waals surface area contributed by atoms with Crippen LogP contribution in [-0.4, -0.2) is 63.5 Å². The second-order valence-corrected chi connectivity index (χ2v) is 12.5. The van der Waals surface area contributed by atoms with Gasteiger partial charge in [-0.25, -0.2) is 9.50 Å². The Morgan fingerprint density at radius 3 is 2.50 bits per heavy atom. The summed E-state index contributed by atoms with van der Waals surface area (Å²) >= 11 is 0. The van der Waals surface area contributed by atoms with E-state index in [0.717, 1.165) is 74.0 Å². The standard InChI is InChI=1S/C32H33F3N6O/c1-21-5-6-22(14-25(21)30-18-31(19-30,20-30)27-16-36-28-4-3-9-37-41(27)28)29(42)38-24-8-7-23(26(15-24)32(33,34)35)17-40-12-10-39(2)11-13-40/h3-9,14-16H,10-13,17-20H2,1-2H3,(H,38,42). The second kappa shape index (κ2) is 9.64. The molecule has 2 bridgehead atoms. The number of carbonyl (C=O) groups excluding carboxylic acids is 1. The van der Waals surface area contributed by atoms with Gasteiger partial charge < -0.3 is 10.2 Å². The van der Waals surface area contributed by atoms with Crippen molar-refractivity contribution in [2.45, 2.75) is 49.7 Å². The summed E-state index contributed by atoms with van der Waals surface area (Å²) in [6, 6.07) is 13.6. The normalized spacial score (nSPS) is 24.3. The zero-order chi connectivity index (χ0) is 29.3. The maximum absolute atomic E-state index is 14.1. The molecule has 10 heteroatoms. The molecular formula is C32H33F3N6O. The van der Waals surface area contributed by atoms with Gasteiger partial charge in [0.1, 0.15) is 0 Å². The summed E-state index contributed by atoms with van der Waals surface area (Å²) in [5, 5.41) is 7.21. The molecule has 0 unspecified atom stereocenters. The lowest BCUT2D eigenvalue weighted by Crippen LogP contribution is -2.67. The number of anilines is 1. The lowest BCUT2D eigenvalue weighted by atomic mass is 9.32. The van der Waals surface area contributed by atoms with Crippen molar-refractivity contribution >= 4 is 17.2 Å². The van der Waals surface area contributed by atoms with Gasteiger partial charge in [0.15, 0.2) is 5.65 Å². The molecule has 1 N–H and O–H groups in total. The summed E-state index contributed by atoms with van der Waals surface area (Å²) in [5.41, 5.74) is 4.35. The van der Waals surface area contributed by atoms with E-state index < -0.39 is 17.6 Å². The number of nitrogens with one attached hydrogen (secondary N) is 1. The first-order valence-electron chi connectivity index (χ1n) is 14.4. The van der Waals surface area contributed by atoms with Crippen molar-refractivity contribution in [3.05, 3.63) is 94.4 Å². The topological polar surface area (TPSA) is 65.8 Å². The smallest absolute Gasteiger partial charge is 0.322 e. The molecule has 8 rings (SSSR count). The van der Waals surface area contributed by atoms with Gasteiger partial charge in [0.05, 0.1) is 17.5 Å². The highest BCUT2D eigenvalue weighted by atomic mass is 19.4. The SMILES string of the molecule is Cc1ccc(C(=O)Nc2ccc(CN3CCN(C)CC3)c(C(F)(F)F)c2)cc1C12CC(c3cnc4cccnn34)(C1)C2. The summed E-state index contributed by atoms with van der Waals surface area (Å²) in [4.78, 5) is 22.0. The number of likely N-dealkylation sites (N-methyl/N-ethyl adjacent to an activating group) is 1. The summed E-state index contributed by atoms with van der Waals surface area (Å²) < 4.78 is 44.1. The first-order chi connectivity index (χ1) is 20.1. The number of amides is 1. The summed E-state index contributed by atoms with van der Waals surface area (Å²) in [5.74, 6) is -0.413. The molecular weight excluding hydrogens is 541 g/mol. The highest BCUT2D eigenvalue weighted by molar-refractivity contribution is 6.04. The number of carbonyl (C=O) groups is 1. The van der Waals surface area contributed by atoms with Gasteiger partial charge in [0.25, 0.3) is 5.91 Å². The van der Waals surface area contributed by atoms with Crippen molar-refractivity contribution in [2.24, 2.45) is 0 Å². The van der Waals surface area contributed by atoms with E-state index in [-0.39, 0.29) is 28.6 Å². The number of hydrogen-bond acceptors (Lipinski definition) is 5. The second-order valence-electron chi connectivity index (χ2n) is 12.5. The molecule has 3 aliphatic carbocycles. The Kier molecular flexibility index (Phi) is 6.22. The number of piperazine rings is 1. The Hall–Kier alpha value is -3.76. The van der Waals surface area contributed by atoms with Gasteiger partial charge in [-0.2, -0.15) is 18.3 Å². The zero-order valence-corrected chi connectivity index (χ0v) is 23.7. The molecule has 2 aromatic heterocycles. The summed E-state index contributed by atoms with van der Waals surface area (Å²) in [6.07, 6.45) is 2.05. The van der Waals surface area contributed by atoms with Crippen LogP contribution in [0.2, 0.25) is 0 Å². The van der Waals surface area contributed by atoms with Crippen molar-refractivity contribution in [2.75, 3.05) is 38.5 Å². The number of hydrogen-bond donors (Lipinski definition) is 1. The Morgan fingerprint density at radius 1 is 1.00 bits per heavy atom. The van der Waals surface area contributed by atoms with Gasteiger partial charge in [0, 0.05) is 55.6 Å². The van der Waals surface area contributed by atoms with Crippen LogP contribution in [0.1, 0.15) is 57.6 Å². The predicted octanol–water partition coefficient (Wildman–Crippen LogP) is 5.43. The van der Waals surface area contributed by atoms with Crippen LogP contribution < -0.4 is 5.32 Å². The largest absolute Gasteiger partial charge is 0.416 e. The van der Waals surface area contributed by atoms with E-state index in [1.54, 1.807) is 18.3 Å². The third kappa shape index (κ3) is 4.48. The van der Waals surface area contributed by atoms with Gasteiger partial charge >= 0.3 is 6.18 Å². The Bertz CT molecular complexity index is 1670. The molecule has 3 heterocycles. The van der Waals surface area contributed by atoms with Crippen molar-refractivity contribution in [1.29, 1.82) is 0 Å². The van der Waals surface area contributed by atoms with Crippen molar-refractivity contribution < 1.29 is 18.0 Å². The number of benzene rings is 2. The highest BCUT2D eigenvalue weighted by Crippen LogP contribution is 2.74. The van der Waals surface area contributed by atoms with Gasteiger partial charge in [-0.05, 0) is 91.7 Å². The van der Waals surface area contributed by atoms with Crippen LogP contribution in [0.5, 0.6) is 0 Å². The molecule has 4 aliphatic rings. The molecule has 3 saturated carbocycles. The minimum atomic E-state index is -4.52. The molecule has 1 aliphatic heterocycles. The van der Waals surface area contributed by atoms with E-state index in [2.05, 4.69) is 27.2 Å². The fourth-order valence-corrected chi connectivity index (χ4v) is 7.38. The minimum absolute atomic E-state index is 0.00628. The molecule has 1 saturated heterocycles. The Morgan fingerprint density at radius 2 is 1.76 bits per heavy atom. The average molecular weight is 575 g/mol. The fourth-order valence-electron chi connectivity index (χ4n) is 7.38. The summed E-state index contributed by atoms with van der Waals surface area (Å²) in [6.45, 7) is 5.38. The molecule has 1 amide bonds. The van der Waals surface area contributed by atoms with Crippen LogP contribution in [0, 0.1) is 6.92 Å². The monoisotopic (exact) mass is 574 g/mol. The molecule has 42 heavy (non-hydrogen) atoms. The number of aryl methyl sites for hydroxylation is 1. The third-order valence-electron chi connectivity index (χ3n) is 9.59. The summed E-state index contributed by atoms with van der Waals surface area (Å²) in [7, 11) is 2.01. The van der Waals surface area contributed by atoms with Crippen molar-refractivity contribution in [1.82, 2.24) is 24.4 Å². The quantitative estimate of drug-likeness (QED) is 0.333. The number of rotatable bonds is 6. The number of fused-ring (bicyclic) bond motifs is 1. The van der Waals surface area contributed by atoms with Crippen molar-refractivity contribution in [3.63, 3.8) is 0 Å². The van der Waals surface area contributed by atoms with E-state index in [1.165, 1.54) is 6.07 Å². The maximum atomic E-state index is 14.1. The van der Waals surface area contributed by atoms with E-state index in [0.29, 0.717) is 5.56 Å². The number of halogens is 3. The zero-order valence-electron chi connectivity index (χ0n) is 23.7. The predicted molar refractivity (Wildman–Crippen MR) is 154 cm³/mol. The van der Waals surface area contributed by atoms with Gasteiger partial charge in [-0.3, -0.25) is 9.69 Å². The lowest BCUT2D eigenvalue weighted by Gasteiger charge is -2.71. The fraction of sp³-hybridized carbons (Fsp3) is 0.406. The van der Waals surface area contributed by atoms with E-state index in [4.69, 9.17) is 0 Å². The van der Waals surface area contributed by atoms with Crippen LogP contribution in [-0.2, 0) is 23.6 Å². The average Bonchev–Trinajstić information content (AvgIpc) is 3.34. The molecule has 4 aromatic rings. The van der Waals surface area contributed by atoms with Crippen LogP contribution in [0.25, 0.3) is 5.65 Å². The highest BCUT2D eigenvalue weighted by Gasteiger charge is 2.70. The lowest BCUT2D eigenvalue weighted by molar-refractivity contribution is -0.138. The van der Waals surface area contributed by atoms with Crippen LogP contribution in [0.3, 0.4) is 0 Å². The van der Waals surface area contributed by atoms with Crippen LogP contribution in [0.4, 0.5) is 18.9 Å². The third-order valence-corrected chi connectivity index (χ3v) is 9.59. The van der Waals surface area contributed by atoms with Crippen LogP contribution >= 0.6 is 0 Å². The minimum Gasteiger partial charge on any atom is -0.322 e. The number of aromatic nitrogens is 3. The maximum Gasteiger partial charge on any atom is 0.416 e. The Labute approximate surface area is 242 Å². The first kappa shape index (κ1) is 27.1. The van der Waals surface area contributed by atoms with Crippen LogP contribution in [0.15, 0.2) is 60.9 Å². The molecule has 0 spiro atoms. The molecule has 7 nitrogen and oxygen atoms in total. The number of imidazole rings is 1. The number of nitrogens with zero attached hydrogens (tertiary/aromatic N) is 5. The molecule has 4 fully saturated rings. The molecule has 0 radical (unpaired) electrons. The van der Waals surface area contributed by atoms with Crippen molar-refractivity contribution in [3.8, 4) is 0 Å². The molecule has 2 aromatic carbocycles. The van der Waals surface area contributed by atoms with E-state index in [1.807, 2.05) is 46.9 Å². The van der Waals surface area contributed by atoms with Gasteiger partial charge in [0.2, 0.25) is 0 Å². The van der Waals surface area contributed by atoms with Gasteiger partial charge in [-0.15, -0.1) is 0 Å². The van der Waals surface area contributed by atoms with Gasteiger partial charge in [-0.1, -0.05) is 12.1 Å². The van der Waals surface area contributed by atoms with E-state index in [9.17, 15) is 18.0 Å². The molecule has 218 valence electrons. The first-order valence-corrected chi connectivity index (χ1v) is 14.4. The molecule has 0 atom stereocenters. The Balaban J connectivity index is 1.08.